The molecule has 2 N–H and O–H groups in total. The summed E-state index contributed by atoms with van der Waals surface area (Å²) in [4.78, 5) is 13.4. The molecule has 2 atom stereocenters. The summed E-state index contributed by atoms with van der Waals surface area (Å²) in [6.07, 6.45) is 0.228. The fourth-order valence-electron chi connectivity index (χ4n) is 3.94. The summed E-state index contributed by atoms with van der Waals surface area (Å²) in [5.41, 5.74) is -1.85. The maximum atomic E-state index is 15.4. The van der Waals surface area contributed by atoms with Gasteiger partial charge in [0, 0.05) is 5.56 Å². The summed E-state index contributed by atoms with van der Waals surface area (Å²) in [5.74, 6) is -6.13. The number of carbonyl (C=O) groups excluding carboxylic acids is 1. The molecule has 1 heterocycles. The minimum absolute atomic E-state index is 0.0183. The van der Waals surface area contributed by atoms with E-state index in [0.29, 0.717) is 11.2 Å². The third-order valence-electron chi connectivity index (χ3n) is 5.39. The van der Waals surface area contributed by atoms with Crippen LogP contribution in [0, 0.1) is 11.6 Å². The zero-order chi connectivity index (χ0) is 24.8. The van der Waals surface area contributed by atoms with Crippen molar-refractivity contribution < 1.29 is 35.9 Å². The van der Waals surface area contributed by atoms with Gasteiger partial charge in [-0.2, -0.15) is 0 Å². The zero-order valence-electron chi connectivity index (χ0n) is 18.1. The van der Waals surface area contributed by atoms with E-state index in [1.165, 1.54) is 36.4 Å². The molecular weight excluding hydrogens is 464 g/mol. The molecule has 0 unspecified atom stereocenters. The molecule has 0 aliphatic carbocycles. The van der Waals surface area contributed by atoms with E-state index < -0.39 is 64.1 Å². The van der Waals surface area contributed by atoms with Gasteiger partial charge in [0.25, 0.3) is 11.8 Å². The number of alkyl halides is 2. The molecule has 2 aromatic carbocycles. The molecule has 0 bridgehead atoms. The number of benzene rings is 2. The quantitative estimate of drug-likeness (QED) is 0.613. The van der Waals surface area contributed by atoms with Gasteiger partial charge >= 0.3 is 0 Å². The highest BCUT2D eigenvalue weighted by atomic mass is 32.2. The Morgan fingerprint density at radius 3 is 2.42 bits per heavy atom. The van der Waals surface area contributed by atoms with Gasteiger partial charge in [0.15, 0.2) is 0 Å². The van der Waals surface area contributed by atoms with Crippen molar-refractivity contribution in [1.29, 1.82) is 0 Å². The Kier molecular flexibility index (Phi) is 6.62. The Labute approximate surface area is 189 Å². The van der Waals surface area contributed by atoms with Crippen molar-refractivity contribution in [3.63, 3.8) is 0 Å². The van der Waals surface area contributed by atoms with Crippen LogP contribution >= 0.6 is 0 Å². The Hall–Kier alpha value is -2.50. The highest BCUT2D eigenvalue weighted by molar-refractivity contribution is 7.88. The maximum Gasteiger partial charge on any atom is 0.283 e. The van der Waals surface area contributed by atoms with Crippen molar-refractivity contribution in [2.24, 2.45) is 0 Å². The minimum atomic E-state index is -4.12. The van der Waals surface area contributed by atoms with Gasteiger partial charge in [0.1, 0.15) is 23.3 Å². The first-order valence-corrected chi connectivity index (χ1v) is 11.9. The van der Waals surface area contributed by atoms with E-state index in [1.54, 1.807) is 0 Å². The summed E-state index contributed by atoms with van der Waals surface area (Å²) in [6, 6.07) is 5.80. The van der Waals surface area contributed by atoms with Crippen LogP contribution in [0.3, 0.4) is 0 Å². The van der Waals surface area contributed by atoms with Crippen LogP contribution in [0.1, 0.15) is 19.4 Å². The predicted octanol–water partition coefficient (Wildman–Crippen LogP) is 2.71. The average molecular weight is 489 g/mol. The van der Waals surface area contributed by atoms with E-state index in [1.807, 2.05) is 4.72 Å². The van der Waals surface area contributed by atoms with Crippen LogP contribution < -0.4 is 4.72 Å². The van der Waals surface area contributed by atoms with Gasteiger partial charge in [-0.05, 0) is 43.5 Å². The molecule has 0 spiro atoms. The molecule has 11 heteroatoms. The largest absolute Gasteiger partial charge is 0.381 e. The lowest BCUT2D eigenvalue weighted by molar-refractivity contribution is -0.149. The van der Waals surface area contributed by atoms with Gasteiger partial charge in [0.05, 0.1) is 18.8 Å². The SMILES string of the molecule is CC(C)(O)C(=O)N1CC(F)(F)[C@H](NS(C)(=O)=O)[C@@H]1Cc1cccc(-c2cccc(F)c2)c1F. The van der Waals surface area contributed by atoms with E-state index in [4.69, 9.17) is 0 Å². The van der Waals surface area contributed by atoms with Crippen LogP contribution in [0.4, 0.5) is 17.6 Å². The van der Waals surface area contributed by atoms with Crippen molar-refractivity contribution in [3.8, 4) is 11.1 Å². The predicted molar refractivity (Wildman–Crippen MR) is 114 cm³/mol. The summed E-state index contributed by atoms with van der Waals surface area (Å²) >= 11 is 0. The number of amides is 1. The Bertz CT molecular complexity index is 1170. The lowest BCUT2D eigenvalue weighted by Gasteiger charge is -2.31. The number of carbonyl (C=O) groups is 1. The summed E-state index contributed by atoms with van der Waals surface area (Å²) in [6.45, 7) is 1.08. The van der Waals surface area contributed by atoms with Gasteiger partial charge in [0.2, 0.25) is 10.0 Å². The van der Waals surface area contributed by atoms with Crippen molar-refractivity contribution in [2.75, 3.05) is 12.8 Å². The summed E-state index contributed by atoms with van der Waals surface area (Å²) in [5, 5.41) is 10.1. The van der Waals surface area contributed by atoms with Crippen LogP contribution in [-0.4, -0.2) is 60.7 Å². The van der Waals surface area contributed by atoms with Crippen LogP contribution in [0.25, 0.3) is 11.1 Å². The topological polar surface area (TPSA) is 86.7 Å². The number of likely N-dealkylation sites (tertiary alicyclic amines) is 1. The fourth-order valence-corrected chi connectivity index (χ4v) is 4.73. The molecule has 6 nitrogen and oxygen atoms in total. The highest BCUT2D eigenvalue weighted by Gasteiger charge is 2.58. The molecule has 2 aromatic rings. The number of halogens is 4. The van der Waals surface area contributed by atoms with E-state index in [-0.39, 0.29) is 16.7 Å². The van der Waals surface area contributed by atoms with Crippen LogP contribution in [0.5, 0.6) is 0 Å². The Balaban J connectivity index is 2.06. The molecule has 0 radical (unpaired) electrons. The minimum Gasteiger partial charge on any atom is -0.381 e. The van der Waals surface area contributed by atoms with Crippen molar-refractivity contribution in [2.45, 2.75) is 43.9 Å². The van der Waals surface area contributed by atoms with E-state index in [9.17, 15) is 31.5 Å². The lowest BCUT2D eigenvalue weighted by atomic mass is 9.95. The van der Waals surface area contributed by atoms with Crippen LogP contribution in [0.15, 0.2) is 42.5 Å². The summed E-state index contributed by atoms with van der Waals surface area (Å²) < 4.78 is 84.1. The number of nitrogens with zero attached hydrogens (tertiary/aromatic N) is 1. The molecule has 1 aliphatic heterocycles. The number of rotatable bonds is 6. The Morgan fingerprint density at radius 1 is 1.21 bits per heavy atom. The van der Waals surface area contributed by atoms with Crippen molar-refractivity contribution >= 4 is 15.9 Å². The third kappa shape index (κ3) is 5.53. The molecule has 1 saturated heterocycles. The molecular formula is C22H24F4N2O4S. The molecule has 1 aliphatic rings. The lowest BCUT2D eigenvalue weighted by Crippen LogP contribution is -2.54. The third-order valence-corrected chi connectivity index (χ3v) is 6.07. The first kappa shape index (κ1) is 25.1. The molecule has 33 heavy (non-hydrogen) atoms. The van der Waals surface area contributed by atoms with Crippen LogP contribution in [-0.2, 0) is 21.2 Å². The molecule has 1 fully saturated rings. The number of aliphatic hydroxyl groups is 1. The fraction of sp³-hybridized carbons (Fsp3) is 0.409. The van der Waals surface area contributed by atoms with Gasteiger partial charge < -0.3 is 10.0 Å². The normalized spacial score (nSPS) is 20.8. The van der Waals surface area contributed by atoms with Gasteiger partial charge in [-0.25, -0.2) is 30.7 Å². The molecule has 0 aromatic heterocycles. The second-order valence-electron chi connectivity index (χ2n) is 8.68. The number of hydrogen-bond acceptors (Lipinski definition) is 4. The number of nitrogens with one attached hydrogen (secondary N) is 1. The Morgan fingerprint density at radius 2 is 1.85 bits per heavy atom. The van der Waals surface area contributed by atoms with E-state index in [0.717, 1.165) is 19.9 Å². The zero-order valence-corrected chi connectivity index (χ0v) is 19.0. The monoisotopic (exact) mass is 488 g/mol. The number of sulfonamides is 1. The standard InChI is InChI=1S/C22H24F4N2O4S/c1-21(2,30)20(29)28-12-22(25,26)19(27-33(3,31)32)17(28)11-14-7-5-9-16(18(14)24)13-6-4-8-15(23)10-13/h4-10,17,19,27,30H,11-12H2,1-3H3/t17-,19+/m0/s1. The van der Waals surface area contributed by atoms with E-state index in [2.05, 4.69) is 0 Å². The van der Waals surface area contributed by atoms with E-state index >= 15 is 4.39 Å². The van der Waals surface area contributed by atoms with Crippen molar-refractivity contribution in [1.82, 2.24) is 9.62 Å². The number of hydrogen-bond donors (Lipinski definition) is 2. The smallest absolute Gasteiger partial charge is 0.283 e. The van der Waals surface area contributed by atoms with Gasteiger partial charge in [-0.15, -0.1) is 0 Å². The first-order chi connectivity index (χ1) is 15.1. The second kappa shape index (κ2) is 8.69. The summed E-state index contributed by atoms with van der Waals surface area (Å²) in [7, 11) is -4.12. The molecule has 0 saturated carbocycles. The maximum absolute atomic E-state index is 15.4. The van der Waals surface area contributed by atoms with Gasteiger partial charge in [-0.1, -0.05) is 30.3 Å². The highest BCUT2D eigenvalue weighted by Crippen LogP contribution is 2.37. The first-order valence-electron chi connectivity index (χ1n) is 10.0. The molecule has 180 valence electrons. The average Bonchev–Trinajstić information content (AvgIpc) is 2.91. The molecule has 3 rings (SSSR count). The van der Waals surface area contributed by atoms with Gasteiger partial charge in [-0.3, -0.25) is 4.79 Å². The van der Waals surface area contributed by atoms with Crippen LogP contribution in [0.2, 0.25) is 0 Å². The van der Waals surface area contributed by atoms with Crippen molar-refractivity contribution in [3.05, 3.63) is 59.7 Å². The molecule has 1 amide bonds. The second-order valence-corrected chi connectivity index (χ2v) is 10.5.